The molecule has 2 aromatic carbocycles. The highest BCUT2D eigenvalue weighted by Crippen LogP contribution is 2.24. The number of piperazine rings is 1. The minimum absolute atomic E-state index is 0.110. The molecule has 1 aromatic heterocycles. The minimum atomic E-state index is 0.110. The van der Waals surface area contributed by atoms with E-state index in [0.717, 1.165) is 48.3 Å². The summed E-state index contributed by atoms with van der Waals surface area (Å²) < 4.78 is 0. The van der Waals surface area contributed by atoms with Crippen molar-refractivity contribution in [2.24, 2.45) is 0 Å². The van der Waals surface area contributed by atoms with Crippen LogP contribution in [0.2, 0.25) is 0 Å². The molecule has 0 spiro atoms. The maximum absolute atomic E-state index is 13.0. The molecule has 1 N–H and O–H groups in total. The number of carbonyl (C=O) groups excluding carboxylic acids is 1. The minimum Gasteiger partial charge on any atom is -0.368 e. The third-order valence-corrected chi connectivity index (χ3v) is 5.12. The number of amides is 1. The molecule has 1 aliphatic rings. The second-order valence-electron chi connectivity index (χ2n) is 6.79. The summed E-state index contributed by atoms with van der Waals surface area (Å²) in [5.41, 5.74) is 5.25. The summed E-state index contributed by atoms with van der Waals surface area (Å²) in [6, 6.07) is 16.7. The van der Waals surface area contributed by atoms with Gasteiger partial charge in [0.1, 0.15) is 5.69 Å². The van der Waals surface area contributed by atoms with Crippen LogP contribution in [-0.2, 0) is 0 Å². The lowest BCUT2D eigenvalue weighted by molar-refractivity contribution is 0.0741. The number of hydrogen-bond acceptors (Lipinski definition) is 2. The van der Waals surface area contributed by atoms with E-state index in [1.165, 1.54) is 11.3 Å². The molecule has 0 saturated carbocycles. The van der Waals surface area contributed by atoms with Crippen LogP contribution in [0.4, 0.5) is 5.69 Å². The van der Waals surface area contributed by atoms with E-state index in [2.05, 4.69) is 59.3 Å². The summed E-state index contributed by atoms with van der Waals surface area (Å²) in [5, 5.41) is 1.14. The highest BCUT2D eigenvalue weighted by Gasteiger charge is 2.25. The van der Waals surface area contributed by atoms with E-state index in [1.807, 2.05) is 17.9 Å². The third-order valence-electron chi connectivity index (χ3n) is 5.12. The zero-order chi connectivity index (χ0) is 17.4. The highest BCUT2D eigenvalue weighted by molar-refractivity contribution is 6.01. The Kier molecular flexibility index (Phi) is 3.96. The van der Waals surface area contributed by atoms with Gasteiger partial charge < -0.3 is 14.8 Å². The van der Waals surface area contributed by atoms with E-state index in [9.17, 15) is 4.79 Å². The van der Waals surface area contributed by atoms with Gasteiger partial charge in [-0.15, -0.1) is 0 Å². The monoisotopic (exact) mass is 333 g/mol. The Morgan fingerprint density at radius 3 is 2.40 bits per heavy atom. The number of fused-ring (bicyclic) bond motifs is 1. The Labute approximate surface area is 148 Å². The molecule has 3 aromatic rings. The van der Waals surface area contributed by atoms with Crippen molar-refractivity contribution in [3.63, 3.8) is 0 Å². The Bertz CT molecular complexity index is 906. The van der Waals surface area contributed by atoms with Crippen LogP contribution in [0.15, 0.2) is 48.5 Å². The van der Waals surface area contributed by atoms with Crippen molar-refractivity contribution in [1.82, 2.24) is 9.88 Å². The number of nitrogens with zero attached hydrogens (tertiary/aromatic N) is 2. The smallest absolute Gasteiger partial charge is 0.270 e. The standard InChI is InChI=1S/C21H23N3O/c1-15-8-9-18-16(2)20(22-19(18)14-15)21(25)24-12-10-23(11-13-24)17-6-4-3-5-7-17/h3-9,14,22H,10-13H2,1-2H3. The van der Waals surface area contributed by atoms with Crippen molar-refractivity contribution in [2.45, 2.75) is 13.8 Å². The Balaban J connectivity index is 1.52. The van der Waals surface area contributed by atoms with Gasteiger partial charge in [0, 0.05) is 42.8 Å². The lowest BCUT2D eigenvalue weighted by atomic mass is 10.1. The van der Waals surface area contributed by atoms with Gasteiger partial charge in [-0.05, 0) is 43.2 Å². The first-order chi connectivity index (χ1) is 12.1. The molecular formula is C21H23N3O. The average Bonchev–Trinajstić information content (AvgIpc) is 2.98. The number of nitrogens with one attached hydrogen (secondary N) is 1. The molecule has 4 rings (SSSR count). The molecule has 4 heteroatoms. The number of aromatic amines is 1. The number of hydrogen-bond donors (Lipinski definition) is 1. The number of aromatic nitrogens is 1. The van der Waals surface area contributed by atoms with Crippen molar-refractivity contribution in [3.8, 4) is 0 Å². The topological polar surface area (TPSA) is 39.3 Å². The Morgan fingerprint density at radius 1 is 0.960 bits per heavy atom. The molecule has 1 fully saturated rings. The van der Waals surface area contributed by atoms with E-state index in [0.29, 0.717) is 0 Å². The molecule has 25 heavy (non-hydrogen) atoms. The first kappa shape index (κ1) is 15.8. The maximum atomic E-state index is 13.0. The first-order valence-corrected chi connectivity index (χ1v) is 8.81. The summed E-state index contributed by atoms with van der Waals surface area (Å²) in [7, 11) is 0. The van der Waals surface area contributed by atoms with Crippen LogP contribution < -0.4 is 4.90 Å². The number of carbonyl (C=O) groups is 1. The molecule has 4 nitrogen and oxygen atoms in total. The zero-order valence-electron chi connectivity index (χ0n) is 14.7. The van der Waals surface area contributed by atoms with E-state index in [-0.39, 0.29) is 5.91 Å². The average molecular weight is 333 g/mol. The number of H-pyrrole nitrogens is 1. The largest absolute Gasteiger partial charge is 0.368 e. The predicted molar refractivity (Wildman–Crippen MR) is 102 cm³/mol. The van der Waals surface area contributed by atoms with Gasteiger partial charge in [-0.2, -0.15) is 0 Å². The van der Waals surface area contributed by atoms with Gasteiger partial charge in [0.05, 0.1) is 0 Å². The van der Waals surface area contributed by atoms with E-state index >= 15 is 0 Å². The van der Waals surface area contributed by atoms with Crippen LogP contribution in [0.3, 0.4) is 0 Å². The number of para-hydroxylation sites is 1. The molecule has 1 saturated heterocycles. The lowest BCUT2D eigenvalue weighted by Gasteiger charge is -2.36. The van der Waals surface area contributed by atoms with Crippen LogP contribution in [0.5, 0.6) is 0 Å². The fourth-order valence-corrected chi connectivity index (χ4v) is 3.63. The van der Waals surface area contributed by atoms with E-state index < -0.39 is 0 Å². The Morgan fingerprint density at radius 2 is 1.68 bits per heavy atom. The van der Waals surface area contributed by atoms with Gasteiger partial charge in [0.15, 0.2) is 0 Å². The SMILES string of the molecule is Cc1ccc2c(C)c(C(=O)N3CCN(c4ccccc4)CC3)[nH]c2c1. The van der Waals surface area contributed by atoms with Gasteiger partial charge in [-0.3, -0.25) is 4.79 Å². The molecule has 0 radical (unpaired) electrons. The zero-order valence-corrected chi connectivity index (χ0v) is 14.7. The molecule has 0 bridgehead atoms. The van der Waals surface area contributed by atoms with E-state index in [4.69, 9.17) is 0 Å². The number of rotatable bonds is 2. The number of anilines is 1. The van der Waals surface area contributed by atoms with E-state index in [1.54, 1.807) is 0 Å². The summed E-state index contributed by atoms with van der Waals surface area (Å²) in [6.07, 6.45) is 0. The fourth-order valence-electron chi connectivity index (χ4n) is 3.63. The summed E-state index contributed by atoms with van der Waals surface area (Å²) in [6.45, 7) is 7.34. The van der Waals surface area contributed by atoms with Crippen molar-refractivity contribution in [2.75, 3.05) is 31.1 Å². The van der Waals surface area contributed by atoms with Crippen LogP contribution in [0.25, 0.3) is 10.9 Å². The van der Waals surface area contributed by atoms with Crippen LogP contribution in [0.1, 0.15) is 21.6 Å². The summed E-state index contributed by atoms with van der Waals surface area (Å²) in [4.78, 5) is 20.6. The molecule has 0 unspecified atom stereocenters. The van der Waals surface area contributed by atoms with Crippen molar-refractivity contribution < 1.29 is 4.79 Å². The molecule has 1 aliphatic heterocycles. The molecule has 0 aliphatic carbocycles. The van der Waals surface area contributed by atoms with Crippen molar-refractivity contribution >= 4 is 22.5 Å². The number of benzene rings is 2. The van der Waals surface area contributed by atoms with Gasteiger partial charge in [-0.25, -0.2) is 0 Å². The van der Waals surface area contributed by atoms with Crippen LogP contribution in [-0.4, -0.2) is 42.0 Å². The molecular weight excluding hydrogens is 310 g/mol. The second-order valence-corrected chi connectivity index (χ2v) is 6.79. The molecule has 0 atom stereocenters. The summed E-state index contributed by atoms with van der Waals surface area (Å²) >= 11 is 0. The summed E-state index contributed by atoms with van der Waals surface area (Å²) in [5.74, 6) is 0.110. The molecule has 1 amide bonds. The van der Waals surface area contributed by atoms with Crippen LogP contribution in [0, 0.1) is 13.8 Å². The van der Waals surface area contributed by atoms with Gasteiger partial charge in [-0.1, -0.05) is 30.3 Å². The van der Waals surface area contributed by atoms with Crippen molar-refractivity contribution in [3.05, 3.63) is 65.4 Å². The molecule has 2 heterocycles. The molecule has 128 valence electrons. The van der Waals surface area contributed by atoms with Crippen molar-refractivity contribution in [1.29, 1.82) is 0 Å². The number of aryl methyl sites for hydroxylation is 2. The predicted octanol–water partition coefficient (Wildman–Crippen LogP) is 3.75. The van der Waals surface area contributed by atoms with Gasteiger partial charge in [0.25, 0.3) is 5.91 Å². The Hall–Kier alpha value is -2.75. The fraction of sp³-hybridized carbons (Fsp3) is 0.286. The lowest BCUT2D eigenvalue weighted by Crippen LogP contribution is -2.49. The first-order valence-electron chi connectivity index (χ1n) is 8.81. The quantitative estimate of drug-likeness (QED) is 0.776. The normalized spacial score (nSPS) is 15.0. The van der Waals surface area contributed by atoms with Gasteiger partial charge >= 0.3 is 0 Å². The maximum Gasteiger partial charge on any atom is 0.270 e. The van der Waals surface area contributed by atoms with Gasteiger partial charge in [0.2, 0.25) is 0 Å². The second kappa shape index (κ2) is 6.28. The highest BCUT2D eigenvalue weighted by atomic mass is 16.2. The van der Waals surface area contributed by atoms with Crippen LogP contribution >= 0.6 is 0 Å². The third kappa shape index (κ3) is 2.88.